The van der Waals surface area contributed by atoms with Gasteiger partial charge in [-0.25, -0.2) is 9.97 Å². The van der Waals surface area contributed by atoms with Gasteiger partial charge < -0.3 is 26.4 Å². The second-order valence-electron chi connectivity index (χ2n) is 7.91. The average Bonchev–Trinajstić information content (AvgIpc) is 2.44. The quantitative estimate of drug-likeness (QED) is 0.626. The van der Waals surface area contributed by atoms with Crippen LogP contribution in [-0.4, -0.2) is 51.9 Å². The molecule has 0 unspecified atom stereocenters. The molecule has 2 rings (SSSR count). The van der Waals surface area contributed by atoms with E-state index in [0.29, 0.717) is 23.9 Å². The molecule has 7 heteroatoms. The number of likely N-dealkylation sites (N-methyl/N-ethyl adjacent to an activating group) is 1. The van der Waals surface area contributed by atoms with Crippen LogP contribution >= 0.6 is 0 Å². The lowest BCUT2D eigenvalue weighted by atomic mass is 9.79. The molecule has 0 spiro atoms. The van der Waals surface area contributed by atoms with Crippen molar-refractivity contribution in [3.63, 3.8) is 0 Å². The molecule has 5 N–H and O–H groups in total. The Bertz CT molecular complexity index is 544. The van der Waals surface area contributed by atoms with Crippen LogP contribution in [0.25, 0.3) is 0 Å². The molecule has 1 aromatic rings. The number of hydrogen-bond donors (Lipinski definition) is 4. The summed E-state index contributed by atoms with van der Waals surface area (Å²) in [5, 5.41) is 16.4. The number of anilines is 3. The van der Waals surface area contributed by atoms with E-state index >= 15 is 0 Å². The van der Waals surface area contributed by atoms with Crippen molar-refractivity contribution >= 4 is 17.3 Å². The van der Waals surface area contributed by atoms with Gasteiger partial charge in [0.1, 0.15) is 12.0 Å². The molecule has 2 heterocycles. The van der Waals surface area contributed by atoms with E-state index in [4.69, 9.17) is 5.73 Å². The Morgan fingerprint density at radius 1 is 1.29 bits per heavy atom. The Kier molecular flexibility index (Phi) is 5.55. The van der Waals surface area contributed by atoms with Gasteiger partial charge in [0, 0.05) is 30.2 Å². The van der Waals surface area contributed by atoms with Gasteiger partial charge >= 0.3 is 0 Å². The summed E-state index contributed by atoms with van der Waals surface area (Å²) in [5.41, 5.74) is 6.96. The lowest BCUT2D eigenvalue weighted by Gasteiger charge is -2.46. The zero-order valence-electron chi connectivity index (χ0n) is 15.6. The molecule has 0 aromatic carbocycles. The Morgan fingerprint density at radius 3 is 2.46 bits per heavy atom. The van der Waals surface area contributed by atoms with Crippen LogP contribution in [0.4, 0.5) is 17.3 Å². The number of nitrogens with two attached hydrogens (primary N) is 1. The van der Waals surface area contributed by atoms with Crippen molar-refractivity contribution in [1.82, 2.24) is 15.3 Å². The van der Waals surface area contributed by atoms with Gasteiger partial charge in [-0.05, 0) is 47.5 Å². The summed E-state index contributed by atoms with van der Waals surface area (Å²) in [6.45, 7) is 12.2. The van der Waals surface area contributed by atoms with Gasteiger partial charge in [0.15, 0.2) is 11.6 Å². The summed E-state index contributed by atoms with van der Waals surface area (Å²) >= 11 is 0. The van der Waals surface area contributed by atoms with Gasteiger partial charge in [-0.3, -0.25) is 0 Å². The third kappa shape index (κ3) is 4.48. The summed E-state index contributed by atoms with van der Waals surface area (Å²) in [6, 6.07) is 0.286. The number of piperidine rings is 1. The first kappa shape index (κ1) is 18.7. The molecule has 7 nitrogen and oxygen atoms in total. The molecule has 136 valence electrons. The van der Waals surface area contributed by atoms with E-state index in [1.165, 1.54) is 6.33 Å². The van der Waals surface area contributed by atoms with Crippen LogP contribution in [0.1, 0.15) is 47.5 Å². The fourth-order valence-corrected chi connectivity index (χ4v) is 3.91. The minimum atomic E-state index is 0.0520. The third-order valence-corrected chi connectivity index (χ3v) is 4.45. The molecule has 1 fully saturated rings. The van der Waals surface area contributed by atoms with Crippen LogP contribution in [0.15, 0.2) is 6.33 Å². The first-order valence-corrected chi connectivity index (χ1v) is 8.69. The molecular weight excluding hydrogens is 304 g/mol. The third-order valence-electron chi connectivity index (χ3n) is 4.45. The second-order valence-corrected chi connectivity index (χ2v) is 7.91. The average molecular weight is 336 g/mol. The minimum Gasteiger partial charge on any atom is -0.395 e. The molecule has 0 atom stereocenters. The maximum Gasteiger partial charge on any atom is 0.157 e. The van der Waals surface area contributed by atoms with Gasteiger partial charge in [-0.1, -0.05) is 0 Å². The van der Waals surface area contributed by atoms with Crippen molar-refractivity contribution in [1.29, 1.82) is 0 Å². The molecule has 24 heavy (non-hydrogen) atoms. The van der Waals surface area contributed by atoms with Crippen molar-refractivity contribution in [2.24, 2.45) is 0 Å². The zero-order valence-corrected chi connectivity index (χ0v) is 15.6. The zero-order chi connectivity index (χ0) is 18.0. The van der Waals surface area contributed by atoms with Gasteiger partial charge in [-0.15, -0.1) is 0 Å². The molecule has 0 radical (unpaired) electrons. The first-order valence-electron chi connectivity index (χ1n) is 8.69. The van der Waals surface area contributed by atoms with E-state index in [2.05, 4.69) is 48.3 Å². The molecule has 1 aliphatic heterocycles. The van der Waals surface area contributed by atoms with E-state index < -0.39 is 0 Å². The van der Waals surface area contributed by atoms with Crippen LogP contribution in [0.3, 0.4) is 0 Å². The summed E-state index contributed by atoms with van der Waals surface area (Å²) < 4.78 is 0. The molecule has 1 aliphatic rings. The van der Waals surface area contributed by atoms with E-state index in [-0.39, 0.29) is 23.7 Å². The summed E-state index contributed by atoms with van der Waals surface area (Å²) in [4.78, 5) is 10.6. The predicted molar refractivity (Wildman–Crippen MR) is 99.4 cm³/mol. The van der Waals surface area contributed by atoms with Crippen molar-refractivity contribution in [3.05, 3.63) is 6.33 Å². The first-order chi connectivity index (χ1) is 11.2. The molecule has 1 aromatic heterocycles. The van der Waals surface area contributed by atoms with Crippen LogP contribution in [0, 0.1) is 0 Å². The van der Waals surface area contributed by atoms with Gasteiger partial charge in [0.25, 0.3) is 0 Å². The predicted octanol–water partition coefficient (Wildman–Crippen LogP) is 1.60. The number of nitrogens with zero attached hydrogens (tertiary/aromatic N) is 3. The maximum absolute atomic E-state index is 9.22. The van der Waals surface area contributed by atoms with Crippen LogP contribution in [-0.2, 0) is 0 Å². The minimum absolute atomic E-state index is 0.0520. The number of rotatable bonds is 6. The number of nitrogen functional groups attached to an aromatic ring is 1. The molecule has 0 amide bonds. The van der Waals surface area contributed by atoms with Crippen molar-refractivity contribution < 1.29 is 5.11 Å². The monoisotopic (exact) mass is 336 g/mol. The highest BCUT2D eigenvalue weighted by Crippen LogP contribution is 2.32. The highest BCUT2D eigenvalue weighted by Gasteiger charge is 2.38. The summed E-state index contributed by atoms with van der Waals surface area (Å²) in [5.74, 6) is 1.35. The Labute approximate surface area is 145 Å². The molecular formula is C17H32N6O. The number of aliphatic hydroxyl groups is 1. The van der Waals surface area contributed by atoms with Crippen molar-refractivity contribution in [2.45, 2.75) is 64.6 Å². The summed E-state index contributed by atoms with van der Waals surface area (Å²) in [7, 11) is 0. The number of hydrogen-bond acceptors (Lipinski definition) is 7. The fourth-order valence-electron chi connectivity index (χ4n) is 3.91. The fraction of sp³-hybridized carbons (Fsp3) is 0.765. The number of aliphatic hydroxyl groups excluding tert-OH is 1. The topological polar surface area (TPSA) is 99.3 Å². The lowest BCUT2D eigenvalue weighted by molar-refractivity contribution is 0.170. The van der Waals surface area contributed by atoms with E-state index in [1.54, 1.807) is 0 Å². The molecule has 1 saturated heterocycles. The number of nitrogens with one attached hydrogen (secondary N) is 2. The van der Waals surface area contributed by atoms with Crippen LogP contribution in [0.2, 0.25) is 0 Å². The van der Waals surface area contributed by atoms with Gasteiger partial charge in [0.05, 0.1) is 6.61 Å². The van der Waals surface area contributed by atoms with E-state index in [0.717, 1.165) is 19.4 Å². The van der Waals surface area contributed by atoms with Gasteiger partial charge in [0.2, 0.25) is 0 Å². The van der Waals surface area contributed by atoms with Crippen LogP contribution in [0.5, 0.6) is 0 Å². The molecule has 0 bridgehead atoms. The molecule has 0 aliphatic carbocycles. The maximum atomic E-state index is 9.22. The van der Waals surface area contributed by atoms with E-state index in [1.807, 2.05) is 11.8 Å². The second kappa shape index (κ2) is 7.11. The van der Waals surface area contributed by atoms with Gasteiger partial charge in [-0.2, -0.15) is 0 Å². The normalized spacial score (nSPS) is 19.9. The van der Waals surface area contributed by atoms with Crippen molar-refractivity contribution in [2.75, 3.05) is 35.6 Å². The van der Waals surface area contributed by atoms with E-state index in [9.17, 15) is 5.11 Å². The summed E-state index contributed by atoms with van der Waals surface area (Å²) in [6.07, 6.45) is 3.51. The standard InChI is InChI=1S/C17H32N6O/c1-6-23(7-8-24)15-13(18)14(19-11-20-15)21-12-9-16(2,3)22-17(4,5)10-12/h11-12,22,24H,6-10,18H2,1-5H3,(H,19,20,21). The largest absolute Gasteiger partial charge is 0.395 e. The molecule has 0 saturated carbocycles. The Balaban J connectivity index is 2.21. The highest BCUT2D eigenvalue weighted by molar-refractivity contribution is 5.75. The number of aromatic nitrogens is 2. The van der Waals surface area contributed by atoms with Crippen LogP contribution < -0.4 is 21.3 Å². The smallest absolute Gasteiger partial charge is 0.157 e. The SMILES string of the molecule is CCN(CCO)c1ncnc(NC2CC(C)(C)NC(C)(C)C2)c1N. The van der Waals surface area contributed by atoms with Crippen molar-refractivity contribution in [3.8, 4) is 0 Å². The Hall–Kier alpha value is -1.60. The lowest BCUT2D eigenvalue weighted by Crippen LogP contribution is -2.60. The highest BCUT2D eigenvalue weighted by atomic mass is 16.3. The Morgan fingerprint density at radius 2 is 1.92 bits per heavy atom.